The van der Waals surface area contributed by atoms with Crippen LogP contribution in [-0.4, -0.2) is 18.2 Å². The van der Waals surface area contributed by atoms with Gasteiger partial charge in [0.05, 0.1) is 5.36 Å². The van der Waals surface area contributed by atoms with Gasteiger partial charge in [-0.1, -0.05) is 12.1 Å². The molecule has 17 heavy (non-hydrogen) atoms. The first-order valence-corrected chi connectivity index (χ1v) is 4.96. The van der Waals surface area contributed by atoms with Gasteiger partial charge in [-0.05, 0) is 13.0 Å². The van der Waals surface area contributed by atoms with Crippen molar-refractivity contribution in [3.63, 3.8) is 0 Å². The molecule has 1 unspecified atom stereocenters. The van der Waals surface area contributed by atoms with Gasteiger partial charge >= 0.3 is 0 Å². The molecule has 1 heterocycles. The van der Waals surface area contributed by atoms with E-state index in [0.717, 1.165) is 0 Å². The maximum atomic E-state index is 11.3. The first kappa shape index (κ1) is 11.2. The third kappa shape index (κ3) is 2.13. The lowest BCUT2D eigenvalue weighted by molar-refractivity contribution is -0.143. The molecule has 0 aliphatic carbocycles. The molecule has 1 aliphatic heterocycles. The predicted molar refractivity (Wildman–Crippen MR) is 57.3 cm³/mol. The van der Waals surface area contributed by atoms with Crippen LogP contribution in [0.4, 0.5) is 0 Å². The average Bonchev–Trinajstić information content (AvgIpc) is 2.64. The number of fused-ring (bicyclic) bond motifs is 1. The van der Waals surface area contributed by atoms with E-state index < -0.39 is 6.10 Å². The topological polar surface area (TPSA) is 72.8 Å². The molecular formula is C12H9NO4. The van der Waals surface area contributed by atoms with Crippen molar-refractivity contribution in [2.24, 2.45) is 4.99 Å². The second-order valence-electron chi connectivity index (χ2n) is 3.64. The van der Waals surface area contributed by atoms with E-state index in [-0.39, 0.29) is 18.2 Å². The largest absolute Gasteiger partial charge is 0.452 e. The van der Waals surface area contributed by atoms with Crippen LogP contribution in [0.25, 0.3) is 6.08 Å². The summed E-state index contributed by atoms with van der Waals surface area (Å²) < 4.78 is 4.71. The molecule has 1 amide bonds. The maximum absolute atomic E-state index is 11.3. The van der Waals surface area contributed by atoms with Gasteiger partial charge in [-0.3, -0.25) is 14.4 Å². The Morgan fingerprint density at radius 2 is 2.24 bits per heavy atom. The highest BCUT2D eigenvalue weighted by Crippen LogP contribution is 2.15. The fourth-order valence-corrected chi connectivity index (χ4v) is 1.69. The predicted octanol–water partition coefficient (Wildman–Crippen LogP) is -0.570. The van der Waals surface area contributed by atoms with Crippen molar-refractivity contribution >= 4 is 24.2 Å². The van der Waals surface area contributed by atoms with Crippen LogP contribution in [0.15, 0.2) is 23.2 Å². The van der Waals surface area contributed by atoms with Gasteiger partial charge in [-0.25, -0.2) is 4.99 Å². The molecule has 0 spiro atoms. The molecule has 0 aromatic heterocycles. The number of benzene rings is 1. The first-order chi connectivity index (χ1) is 8.11. The third-order valence-corrected chi connectivity index (χ3v) is 2.43. The Bertz CT molecular complexity index is 618. The third-order valence-electron chi connectivity index (χ3n) is 2.43. The van der Waals surface area contributed by atoms with Gasteiger partial charge < -0.3 is 4.74 Å². The molecule has 5 nitrogen and oxygen atoms in total. The van der Waals surface area contributed by atoms with E-state index in [1.807, 2.05) is 0 Å². The molecule has 0 N–H and O–H groups in total. The number of ether oxygens (including phenoxy) is 1. The molecule has 1 aromatic rings. The van der Waals surface area contributed by atoms with E-state index in [0.29, 0.717) is 16.1 Å². The summed E-state index contributed by atoms with van der Waals surface area (Å²) >= 11 is 0. The van der Waals surface area contributed by atoms with Crippen LogP contribution in [-0.2, 0) is 19.1 Å². The quantitative estimate of drug-likeness (QED) is 0.650. The molecule has 0 bridgehead atoms. The monoisotopic (exact) mass is 231 g/mol. The summed E-state index contributed by atoms with van der Waals surface area (Å²) in [6.45, 7) is 1.56. The fourth-order valence-electron chi connectivity index (χ4n) is 1.69. The SMILES string of the molecule is CC(=O)C(OC=O)c1ccc2c(c1)=NC(=O)C=2. The minimum Gasteiger partial charge on any atom is -0.452 e. The highest BCUT2D eigenvalue weighted by atomic mass is 16.5. The van der Waals surface area contributed by atoms with Gasteiger partial charge in [0, 0.05) is 16.9 Å². The zero-order chi connectivity index (χ0) is 12.4. The summed E-state index contributed by atoms with van der Waals surface area (Å²) in [5.74, 6) is -0.613. The van der Waals surface area contributed by atoms with Crippen molar-refractivity contribution in [3.8, 4) is 0 Å². The van der Waals surface area contributed by atoms with Crippen LogP contribution in [0.5, 0.6) is 0 Å². The van der Waals surface area contributed by atoms with Gasteiger partial charge in [0.1, 0.15) is 0 Å². The van der Waals surface area contributed by atoms with Crippen molar-refractivity contribution in [3.05, 3.63) is 34.3 Å². The lowest BCUT2D eigenvalue weighted by Gasteiger charge is -2.11. The number of amides is 1. The summed E-state index contributed by atoms with van der Waals surface area (Å²) in [5, 5.41) is 1.19. The number of rotatable bonds is 4. The highest BCUT2D eigenvalue weighted by Gasteiger charge is 2.18. The number of nitrogens with zero attached hydrogens (tertiary/aromatic N) is 1. The molecule has 0 saturated carbocycles. The fraction of sp³-hybridized carbons (Fsp3) is 0.167. The number of carbonyl (C=O) groups excluding carboxylic acids is 3. The first-order valence-electron chi connectivity index (χ1n) is 4.96. The van der Waals surface area contributed by atoms with Crippen LogP contribution >= 0.6 is 0 Å². The number of ketones is 1. The molecule has 0 fully saturated rings. The van der Waals surface area contributed by atoms with Crippen molar-refractivity contribution in [1.29, 1.82) is 0 Å². The molecule has 86 valence electrons. The zero-order valence-electron chi connectivity index (χ0n) is 9.04. The van der Waals surface area contributed by atoms with E-state index in [2.05, 4.69) is 4.99 Å². The van der Waals surface area contributed by atoms with Gasteiger partial charge in [0.2, 0.25) is 0 Å². The highest BCUT2D eigenvalue weighted by molar-refractivity contribution is 6.06. The lowest BCUT2D eigenvalue weighted by Crippen LogP contribution is -2.24. The Balaban J connectivity index is 2.49. The van der Waals surface area contributed by atoms with Crippen LogP contribution in [0.2, 0.25) is 0 Å². The summed E-state index contributed by atoms with van der Waals surface area (Å²) in [5.41, 5.74) is 0.509. The Morgan fingerprint density at radius 3 is 2.88 bits per heavy atom. The van der Waals surface area contributed by atoms with Crippen molar-refractivity contribution in [2.45, 2.75) is 13.0 Å². The van der Waals surface area contributed by atoms with E-state index in [1.165, 1.54) is 13.0 Å². The Labute approximate surface area is 96.4 Å². The van der Waals surface area contributed by atoms with Crippen molar-refractivity contribution in [2.75, 3.05) is 0 Å². The van der Waals surface area contributed by atoms with Gasteiger partial charge in [-0.2, -0.15) is 0 Å². The van der Waals surface area contributed by atoms with Crippen LogP contribution in [0.3, 0.4) is 0 Å². The Hall–Kier alpha value is -2.30. The molecule has 1 aliphatic rings. The average molecular weight is 231 g/mol. The number of Topliss-reactive ketones (excluding diaryl/α,β-unsaturated/α-hetero) is 1. The Morgan fingerprint density at radius 1 is 1.47 bits per heavy atom. The molecule has 0 saturated heterocycles. The Kier molecular flexibility index (Phi) is 2.82. The maximum Gasteiger partial charge on any atom is 0.294 e. The molecule has 2 rings (SSSR count). The second kappa shape index (κ2) is 4.29. The van der Waals surface area contributed by atoms with Gasteiger partial charge in [0.15, 0.2) is 11.9 Å². The smallest absolute Gasteiger partial charge is 0.294 e. The number of carbonyl (C=O) groups is 3. The normalized spacial score (nSPS) is 14.3. The molecular weight excluding hydrogens is 222 g/mol. The molecule has 1 aromatic carbocycles. The lowest BCUT2D eigenvalue weighted by atomic mass is 10.1. The minimum absolute atomic E-state index is 0.230. The summed E-state index contributed by atoms with van der Waals surface area (Å²) in [6.07, 6.45) is 0.464. The molecule has 1 atom stereocenters. The van der Waals surface area contributed by atoms with E-state index in [1.54, 1.807) is 18.2 Å². The van der Waals surface area contributed by atoms with Gasteiger partial charge in [-0.15, -0.1) is 0 Å². The summed E-state index contributed by atoms with van der Waals surface area (Å²) in [7, 11) is 0. The zero-order valence-corrected chi connectivity index (χ0v) is 9.04. The molecule has 5 heteroatoms. The summed E-state index contributed by atoms with van der Waals surface area (Å²) in [4.78, 5) is 36.5. The van der Waals surface area contributed by atoms with Crippen LogP contribution in [0, 0.1) is 0 Å². The summed E-state index contributed by atoms with van der Waals surface area (Å²) in [6, 6.07) is 4.88. The number of hydrogen-bond acceptors (Lipinski definition) is 4. The van der Waals surface area contributed by atoms with Crippen molar-refractivity contribution < 1.29 is 19.1 Å². The van der Waals surface area contributed by atoms with Crippen molar-refractivity contribution in [1.82, 2.24) is 0 Å². The van der Waals surface area contributed by atoms with E-state index >= 15 is 0 Å². The number of hydrogen-bond donors (Lipinski definition) is 0. The second-order valence-corrected chi connectivity index (χ2v) is 3.64. The van der Waals surface area contributed by atoms with Gasteiger partial charge in [0.25, 0.3) is 12.4 Å². The molecule has 0 radical (unpaired) electrons. The van der Waals surface area contributed by atoms with Crippen LogP contribution in [0.1, 0.15) is 18.6 Å². The minimum atomic E-state index is -0.941. The standard InChI is InChI=1S/C12H9NO4/c1-7(15)12(17-6-14)9-3-2-8-5-11(16)13-10(8)4-9/h2-6,12H,1H3. The van der Waals surface area contributed by atoms with E-state index in [9.17, 15) is 14.4 Å². The van der Waals surface area contributed by atoms with E-state index in [4.69, 9.17) is 4.74 Å². The van der Waals surface area contributed by atoms with Crippen LogP contribution < -0.4 is 10.6 Å².